The average molecular weight is 491 g/mol. The molecule has 1 aliphatic heterocycles. The Bertz CT molecular complexity index is 1430. The summed E-state index contributed by atoms with van der Waals surface area (Å²) in [6, 6.07) is 2.32. The van der Waals surface area contributed by atoms with Crippen LogP contribution in [0.15, 0.2) is 12.3 Å². The van der Waals surface area contributed by atoms with Crippen LogP contribution in [0.1, 0.15) is 49.1 Å². The number of rotatable bonds is 3. The van der Waals surface area contributed by atoms with Crippen molar-refractivity contribution in [1.82, 2.24) is 39.6 Å². The lowest BCUT2D eigenvalue weighted by atomic mass is 10.1. The van der Waals surface area contributed by atoms with Crippen molar-refractivity contribution < 1.29 is 9.84 Å². The van der Waals surface area contributed by atoms with Crippen molar-refractivity contribution >= 4 is 23.1 Å². The molecule has 0 spiro atoms. The van der Waals surface area contributed by atoms with Gasteiger partial charge in [-0.3, -0.25) is 19.7 Å². The summed E-state index contributed by atoms with van der Waals surface area (Å²) in [5, 5.41) is 27.7. The molecule has 0 saturated heterocycles. The molecule has 5 rings (SSSR count). The summed E-state index contributed by atoms with van der Waals surface area (Å²) in [6.45, 7) is 12.3. The van der Waals surface area contributed by atoms with E-state index in [0.717, 1.165) is 50.5 Å². The zero-order valence-electron chi connectivity index (χ0n) is 21.8. The van der Waals surface area contributed by atoms with Crippen molar-refractivity contribution in [3.05, 3.63) is 40.6 Å². The molecule has 2 bridgehead atoms. The van der Waals surface area contributed by atoms with Crippen LogP contribution in [0.3, 0.4) is 0 Å². The van der Waals surface area contributed by atoms with Crippen molar-refractivity contribution in [2.24, 2.45) is 7.05 Å². The maximum absolute atomic E-state index is 9.69. The van der Waals surface area contributed by atoms with Crippen molar-refractivity contribution in [1.29, 1.82) is 0 Å². The zero-order chi connectivity index (χ0) is 25.6. The Kier molecular flexibility index (Phi) is 6.40. The largest absolute Gasteiger partial charge is 0.473 e. The molecule has 0 aromatic carbocycles. The summed E-state index contributed by atoms with van der Waals surface area (Å²) in [5.74, 6) is 0.702. The topological polar surface area (TPSA) is 110 Å². The molecule has 5 heterocycles. The molecule has 1 aliphatic rings. The number of aromatic nitrogens is 7. The standard InChI is InChI=1S/C26H34N8O2/c1-15(2)33-13-16(3)36-26-25(18(5)30-32(26)6)22-11-20-21(28-29-23(20)12-27-22)8-7-19-17(4)31-34(9-10-35)24(19)14-33/h7-8,11-12,15-16,35H,9-10,13-14H2,1-6H3,(H,28,29)/b8-7+. The van der Waals surface area contributed by atoms with Gasteiger partial charge in [0.25, 0.3) is 0 Å². The predicted molar refractivity (Wildman–Crippen MR) is 139 cm³/mol. The smallest absolute Gasteiger partial charge is 0.221 e. The fourth-order valence-electron chi connectivity index (χ4n) is 4.94. The number of pyridine rings is 1. The van der Waals surface area contributed by atoms with Crippen molar-refractivity contribution in [3.63, 3.8) is 0 Å². The van der Waals surface area contributed by atoms with E-state index in [1.807, 2.05) is 43.9 Å². The van der Waals surface area contributed by atoms with Crippen molar-refractivity contribution in [2.45, 2.75) is 59.9 Å². The van der Waals surface area contributed by atoms with Crippen LogP contribution < -0.4 is 4.74 Å². The van der Waals surface area contributed by atoms with Crippen LogP contribution in [0.25, 0.3) is 34.3 Å². The van der Waals surface area contributed by atoms with Gasteiger partial charge in [0.1, 0.15) is 6.10 Å². The molecule has 10 nitrogen and oxygen atoms in total. The second-order valence-corrected chi connectivity index (χ2v) is 9.79. The van der Waals surface area contributed by atoms with E-state index >= 15 is 0 Å². The van der Waals surface area contributed by atoms with Gasteiger partial charge >= 0.3 is 0 Å². The number of fused-ring (bicyclic) bond motifs is 4. The minimum absolute atomic E-state index is 0.0286. The van der Waals surface area contributed by atoms with Gasteiger partial charge in [-0.05, 0) is 52.8 Å². The van der Waals surface area contributed by atoms with E-state index in [4.69, 9.17) is 14.8 Å². The Morgan fingerprint density at radius 2 is 2.00 bits per heavy atom. The highest BCUT2D eigenvalue weighted by molar-refractivity contribution is 5.92. The lowest BCUT2D eigenvalue weighted by molar-refractivity contribution is 0.109. The third kappa shape index (κ3) is 4.31. The summed E-state index contributed by atoms with van der Waals surface area (Å²) in [4.78, 5) is 7.09. The number of aliphatic hydroxyl groups is 1. The van der Waals surface area contributed by atoms with Gasteiger partial charge in [-0.25, -0.2) is 4.68 Å². The van der Waals surface area contributed by atoms with Crippen molar-refractivity contribution in [3.8, 4) is 17.1 Å². The Morgan fingerprint density at radius 1 is 1.19 bits per heavy atom. The number of nitrogens with zero attached hydrogens (tertiary/aromatic N) is 7. The van der Waals surface area contributed by atoms with Gasteiger partial charge in [-0.15, -0.1) is 0 Å². The summed E-state index contributed by atoms with van der Waals surface area (Å²) in [6.07, 6.45) is 5.81. The fraction of sp³-hybridized carbons (Fsp3) is 0.462. The van der Waals surface area contributed by atoms with Gasteiger partial charge in [-0.1, -0.05) is 0 Å². The van der Waals surface area contributed by atoms with Crippen LogP contribution in [0.4, 0.5) is 0 Å². The number of aryl methyl sites for hydroxylation is 3. The van der Waals surface area contributed by atoms with Crippen LogP contribution in [0.5, 0.6) is 5.88 Å². The molecule has 36 heavy (non-hydrogen) atoms. The third-order valence-electron chi connectivity index (χ3n) is 6.79. The first-order chi connectivity index (χ1) is 17.3. The molecule has 2 N–H and O–H groups in total. The first-order valence-electron chi connectivity index (χ1n) is 12.4. The van der Waals surface area contributed by atoms with Crippen LogP contribution in [-0.4, -0.2) is 70.0 Å². The van der Waals surface area contributed by atoms with Gasteiger partial charge in [0.15, 0.2) is 0 Å². The summed E-state index contributed by atoms with van der Waals surface area (Å²) < 4.78 is 10.2. The minimum atomic E-state index is -0.103. The third-order valence-corrected chi connectivity index (χ3v) is 6.79. The molecule has 1 unspecified atom stereocenters. The van der Waals surface area contributed by atoms with Gasteiger partial charge in [0, 0.05) is 37.1 Å². The molecule has 0 saturated carbocycles. The van der Waals surface area contributed by atoms with Crippen molar-refractivity contribution in [2.75, 3.05) is 13.2 Å². The van der Waals surface area contributed by atoms with Crippen LogP contribution in [0.2, 0.25) is 0 Å². The first kappa shape index (κ1) is 24.2. The summed E-state index contributed by atoms with van der Waals surface area (Å²) in [7, 11) is 1.90. The first-order valence-corrected chi connectivity index (χ1v) is 12.4. The molecule has 4 aromatic heterocycles. The van der Waals surface area contributed by atoms with Gasteiger partial charge in [0.2, 0.25) is 5.88 Å². The van der Waals surface area contributed by atoms with E-state index < -0.39 is 0 Å². The molecule has 190 valence electrons. The molecule has 10 heteroatoms. The maximum atomic E-state index is 9.69. The monoisotopic (exact) mass is 490 g/mol. The second kappa shape index (κ2) is 9.51. The predicted octanol–water partition coefficient (Wildman–Crippen LogP) is 3.33. The molecular weight excluding hydrogens is 456 g/mol. The number of aromatic amines is 1. The van der Waals surface area contributed by atoms with Gasteiger partial charge in [0.05, 0.1) is 58.9 Å². The van der Waals surface area contributed by atoms with E-state index in [2.05, 4.69) is 47.0 Å². The number of aliphatic hydroxyl groups excluding tert-OH is 1. The Hall–Kier alpha value is -3.50. The average Bonchev–Trinajstić information content (AvgIpc) is 3.44. The highest BCUT2D eigenvalue weighted by Gasteiger charge is 2.25. The number of ether oxygens (including phenoxy) is 1. The van der Waals surface area contributed by atoms with E-state index in [-0.39, 0.29) is 18.8 Å². The maximum Gasteiger partial charge on any atom is 0.221 e. The van der Waals surface area contributed by atoms with Gasteiger partial charge < -0.3 is 9.84 Å². The van der Waals surface area contributed by atoms with E-state index in [9.17, 15) is 5.11 Å². The number of H-pyrrole nitrogens is 1. The molecule has 0 aliphatic carbocycles. The Labute approximate surface area is 210 Å². The fourth-order valence-corrected chi connectivity index (χ4v) is 4.94. The van der Waals surface area contributed by atoms with Crippen LogP contribution >= 0.6 is 0 Å². The normalized spacial score (nSPS) is 17.6. The van der Waals surface area contributed by atoms with Crippen LogP contribution in [-0.2, 0) is 20.1 Å². The lowest BCUT2D eigenvalue weighted by Crippen LogP contribution is -2.39. The highest BCUT2D eigenvalue weighted by Crippen LogP contribution is 2.34. The van der Waals surface area contributed by atoms with E-state index in [1.165, 1.54) is 0 Å². The molecule has 0 fully saturated rings. The van der Waals surface area contributed by atoms with E-state index in [1.54, 1.807) is 4.68 Å². The highest BCUT2D eigenvalue weighted by atomic mass is 16.5. The second-order valence-electron chi connectivity index (χ2n) is 9.79. The summed E-state index contributed by atoms with van der Waals surface area (Å²) >= 11 is 0. The molecular formula is C26H34N8O2. The zero-order valence-corrected chi connectivity index (χ0v) is 21.8. The lowest BCUT2D eigenvalue weighted by Gasteiger charge is -2.30. The number of nitrogens with one attached hydrogen (secondary N) is 1. The summed E-state index contributed by atoms with van der Waals surface area (Å²) in [5.41, 5.74) is 7.27. The Balaban J connectivity index is 1.72. The Morgan fingerprint density at radius 3 is 2.75 bits per heavy atom. The minimum Gasteiger partial charge on any atom is -0.473 e. The molecule has 0 radical (unpaired) electrons. The molecule has 0 amide bonds. The quantitative estimate of drug-likeness (QED) is 0.453. The van der Waals surface area contributed by atoms with E-state index in [0.29, 0.717) is 25.5 Å². The molecule has 4 aromatic rings. The number of hydrogen-bond acceptors (Lipinski definition) is 7. The number of hydrogen-bond donors (Lipinski definition) is 2. The SMILES string of the molecule is Cc1nn(CCO)c2c1/C=C/c1n[nH]c3cnc(cc13)-c1c(C)nn(C)c1OC(C)CN(C(C)C)C2. The van der Waals surface area contributed by atoms with Gasteiger partial charge in [-0.2, -0.15) is 15.3 Å². The molecule has 1 atom stereocenters. The van der Waals surface area contributed by atoms with Crippen LogP contribution in [0, 0.1) is 13.8 Å².